The monoisotopic (exact) mass is 357 g/mol. The number of alkyl halides is 3. The lowest BCUT2D eigenvalue weighted by atomic mass is 10.2. The predicted octanol–water partition coefficient (Wildman–Crippen LogP) is 3.46. The number of nitrogen functional groups attached to an aromatic ring is 1. The molecule has 0 amide bonds. The molecule has 2 rings (SSSR count). The third-order valence-corrected chi connectivity index (χ3v) is 2.89. The molecule has 5 nitrogen and oxygen atoms in total. The summed E-state index contributed by atoms with van der Waals surface area (Å²) in [5.74, 6) is -0.656. The van der Waals surface area contributed by atoms with Crippen LogP contribution in [-0.4, -0.2) is 9.97 Å². The average molecular weight is 358 g/mol. The number of halogens is 4. The first-order valence-electron chi connectivity index (χ1n) is 5.48. The number of hydrogen-bond acceptors (Lipinski definition) is 5. The number of nitriles is 1. The number of nitrogens with zero attached hydrogens (tertiary/aromatic N) is 3. The van der Waals surface area contributed by atoms with E-state index in [4.69, 9.17) is 11.0 Å². The second-order valence-electron chi connectivity index (χ2n) is 3.92. The van der Waals surface area contributed by atoms with Gasteiger partial charge in [-0.2, -0.15) is 23.4 Å². The van der Waals surface area contributed by atoms with Gasteiger partial charge in [0.25, 0.3) is 0 Å². The van der Waals surface area contributed by atoms with Gasteiger partial charge in [-0.3, -0.25) is 0 Å². The minimum atomic E-state index is -4.63. The van der Waals surface area contributed by atoms with Crippen LogP contribution in [0.4, 0.5) is 30.6 Å². The number of nitrogens with one attached hydrogen (secondary N) is 1. The van der Waals surface area contributed by atoms with Gasteiger partial charge in [-0.05, 0) is 18.2 Å². The van der Waals surface area contributed by atoms with E-state index in [1.54, 1.807) is 6.07 Å². The second-order valence-corrected chi connectivity index (χ2v) is 4.84. The van der Waals surface area contributed by atoms with Gasteiger partial charge in [-0.15, -0.1) is 0 Å². The van der Waals surface area contributed by atoms with Gasteiger partial charge in [0.2, 0.25) is 5.95 Å². The molecule has 3 N–H and O–H groups in total. The lowest BCUT2D eigenvalue weighted by Gasteiger charge is -2.11. The summed E-state index contributed by atoms with van der Waals surface area (Å²) in [4.78, 5) is 6.81. The highest BCUT2D eigenvalue weighted by Crippen LogP contribution is 2.30. The number of nitrogens with two attached hydrogens (primary N) is 1. The number of rotatable bonds is 2. The van der Waals surface area contributed by atoms with Gasteiger partial charge in [0.05, 0.1) is 11.3 Å². The molecule has 0 aliphatic rings. The number of hydrogen-bond donors (Lipinski definition) is 2. The zero-order chi connectivity index (χ0) is 15.6. The van der Waals surface area contributed by atoms with Gasteiger partial charge in [-0.25, -0.2) is 4.98 Å². The molecule has 0 saturated carbocycles. The van der Waals surface area contributed by atoms with Crippen LogP contribution in [0.25, 0.3) is 0 Å². The molecule has 0 bridgehead atoms. The Kier molecular flexibility index (Phi) is 3.99. The van der Waals surface area contributed by atoms with Crippen LogP contribution < -0.4 is 11.1 Å². The van der Waals surface area contributed by atoms with Crippen molar-refractivity contribution < 1.29 is 13.2 Å². The Balaban J connectivity index is 2.41. The molecular formula is C12H7BrF3N5. The van der Waals surface area contributed by atoms with Crippen molar-refractivity contribution in [2.45, 2.75) is 6.18 Å². The van der Waals surface area contributed by atoms with Crippen molar-refractivity contribution in [2.75, 3.05) is 11.1 Å². The van der Waals surface area contributed by atoms with Gasteiger partial charge in [0, 0.05) is 10.5 Å². The first-order valence-corrected chi connectivity index (χ1v) is 6.27. The maximum Gasteiger partial charge on any atom is 0.433 e. The standard InChI is InChI=1S/C12H7BrF3N5/c13-7-1-2-8(6(3-7)5-17)19-10-4-9(12(14,15)16)20-11(18)21-10/h1-4H,(H3,18,19,20,21). The summed E-state index contributed by atoms with van der Waals surface area (Å²) >= 11 is 3.20. The molecule has 21 heavy (non-hydrogen) atoms. The first-order chi connectivity index (χ1) is 9.79. The molecule has 9 heteroatoms. The van der Waals surface area contributed by atoms with Crippen LogP contribution in [0.1, 0.15) is 11.3 Å². The van der Waals surface area contributed by atoms with E-state index in [9.17, 15) is 13.2 Å². The van der Waals surface area contributed by atoms with E-state index >= 15 is 0 Å². The maximum atomic E-state index is 12.7. The summed E-state index contributed by atoms with van der Waals surface area (Å²) in [5, 5.41) is 11.6. The van der Waals surface area contributed by atoms with E-state index in [1.165, 1.54) is 12.1 Å². The molecule has 0 aliphatic carbocycles. The van der Waals surface area contributed by atoms with Crippen LogP contribution >= 0.6 is 15.9 Å². The molecule has 1 aromatic carbocycles. The Morgan fingerprint density at radius 3 is 2.57 bits per heavy atom. The molecule has 0 aliphatic heterocycles. The second kappa shape index (κ2) is 5.57. The molecule has 0 fully saturated rings. The molecule has 2 aromatic rings. The minimum Gasteiger partial charge on any atom is -0.368 e. The minimum absolute atomic E-state index is 0.145. The van der Waals surface area contributed by atoms with E-state index in [0.29, 0.717) is 10.2 Å². The summed E-state index contributed by atoms with van der Waals surface area (Å²) in [6.45, 7) is 0. The normalized spacial score (nSPS) is 11.0. The molecule has 0 unspecified atom stereocenters. The Morgan fingerprint density at radius 2 is 1.95 bits per heavy atom. The molecule has 0 saturated heterocycles. The molecule has 1 heterocycles. The van der Waals surface area contributed by atoms with Gasteiger partial charge in [-0.1, -0.05) is 15.9 Å². The fourth-order valence-corrected chi connectivity index (χ4v) is 1.89. The molecular weight excluding hydrogens is 351 g/mol. The van der Waals surface area contributed by atoms with E-state index in [0.717, 1.165) is 6.07 Å². The van der Waals surface area contributed by atoms with Gasteiger partial charge < -0.3 is 11.1 Å². The Labute approximate surface area is 125 Å². The van der Waals surface area contributed by atoms with Crippen LogP contribution in [0.3, 0.4) is 0 Å². The highest BCUT2D eigenvalue weighted by molar-refractivity contribution is 9.10. The highest BCUT2D eigenvalue weighted by atomic mass is 79.9. The summed E-state index contributed by atoms with van der Waals surface area (Å²) in [6.07, 6.45) is -4.63. The summed E-state index contributed by atoms with van der Waals surface area (Å²) in [7, 11) is 0. The van der Waals surface area contributed by atoms with E-state index in [2.05, 4.69) is 31.2 Å². The fourth-order valence-electron chi connectivity index (χ4n) is 1.53. The Hall–Kier alpha value is -2.34. The maximum absolute atomic E-state index is 12.7. The highest BCUT2D eigenvalue weighted by Gasteiger charge is 2.33. The van der Waals surface area contributed by atoms with Crippen LogP contribution in [0.2, 0.25) is 0 Å². The van der Waals surface area contributed by atoms with Crippen molar-refractivity contribution in [3.63, 3.8) is 0 Å². The van der Waals surface area contributed by atoms with Crippen molar-refractivity contribution in [3.8, 4) is 6.07 Å². The zero-order valence-corrected chi connectivity index (χ0v) is 11.8. The molecule has 108 valence electrons. The van der Waals surface area contributed by atoms with Gasteiger partial charge in [0.15, 0.2) is 5.69 Å². The smallest absolute Gasteiger partial charge is 0.368 e. The summed E-state index contributed by atoms with van der Waals surface area (Å²) in [5.41, 5.74) is 4.67. The predicted molar refractivity (Wildman–Crippen MR) is 73.6 cm³/mol. The SMILES string of the molecule is N#Cc1cc(Br)ccc1Nc1cc(C(F)(F)F)nc(N)n1. The van der Waals surface area contributed by atoms with Crippen molar-refractivity contribution >= 4 is 33.4 Å². The fraction of sp³-hybridized carbons (Fsp3) is 0.0833. The van der Waals surface area contributed by atoms with E-state index < -0.39 is 17.8 Å². The van der Waals surface area contributed by atoms with Gasteiger partial charge in [0.1, 0.15) is 11.9 Å². The molecule has 0 radical (unpaired) electrons. The largest absolute Gasteiger partial charge is 0.433 e. The van der Waals surface area contributed by atoms with Crippen LogP contribution in [0.5, 0.6) is 0 Å². The number of benzene rings is 1. The van der Waals surface area contributed by atoms with Crippen LogP contribution in [0.15, 0.2) is 28.7 Å². The van der Waals surface area contributed by atoms with Crippen molar-refractivity contribution in [1.82, 2.24) is 9.97 Å². The quantitative estimate of drug-likeness (QED) is 0.859. The average Bonchev–Trinajstić information content (AvgIpc) is 2.39. The molecule has 0 spiro atoms. The van der Waals surface area contributed by atoms with Crippen LogP contribution in [-0.2, 0) is 6.18 Å². The van der Waals surface area contributed by atoms with Crippen molar-refractivity contribution in [3.05, 3.63) is 40.0 Å². The topological polar surface area (TPSA) is 87.6 Å². The van der Waals surface area contributed by atoms with Crippen molar-refractivity contribution in [2.24, 2.45) is 0 Å². The van der Waals surface area contributed by atoms with E-state index in [1.807, 2.05) is 6.07 Å². The van der Waals surface area contributed by atoms with Crippen molar-refractivity contribution in [1.29, 1.82) is 5.26 Å². The van der Waals surface area contributed by atoms with E-state index in [-0.39, 0.29) is 11.4 Å². The summed E-state index contributed by atoms with van der Waals surface area (Å²) < 4.78 is 38.6. The number of anilines is 3. The Morgan fingerprint density at radius 1 is 1.24 bits per heavy atom. The number of aromatic nitrogens is 2. The zero-order valence-electron chi connectivity index (χ0n) is 10.2. The third-order valence-electron chi connectivity index (χ3n) is 2.40. The molecule has 0 atom stereocenters. The lowest BCUT2D eigenvalue weighted by Crippen LogP contribution is -2.12. The summed E-state index contributed by atoms with van der Waals surface area (Å²) in [6, 6.07) is 7.35. The lowest BCUT2D eigenvalue weighted by molar-refractivity contribution is -0.141. The third kappa shape index (κ3) is 3.61. The van der Waals surface area contributed by atoms with Crippen LogP contribution in [0, 0.1) is 11.3 Å². The molecule has 1 aromatic heterocycles. The Bertz CT molecular complexity index is 724. The first kappa shape index (κ1) is 15.1. The van der Waals surface area contributed by atoms with Gasteiger partial charge >= 0.3 is 6.18 Å².